The number of esters is 2. The minimum absolute atomic E-state index is 0.211. The van der Waals surface area contributed by atoms with Gasteiger partial charge in [0.05, 0.1) is 5.56 Å². The van der Waals surface area contributed by atoms with E-state index in [4.69, 9.17) is 9.47 Å². The van der Waals surface area contributed by atoms with Crippen molar-refractivity contribution in [1.29, 1.82) is 0 Å². The normalized spacial score (nSPS) is 10.2. The van der Waals surface area contributed by atoms with Crippen LogP contribution in [0.25, 0.3) is 10.8 Å². The van der Waals surface area contributed by atoms with Crippen molar-refractivity contribution in [3.8, 4) is 5.75 Å². The Balaban J connectivity index is 2.24. The molecule has 2 aromatic rings. The third-order valence-corrected chi connectivity index (χ3v) is 2.76. The van der Waals surface area contributed by atoms with Gasteiger partial charge in [-0.1, -0.05) is 18.7 Å². The van der Waals surface area contributed by atoms with E-state index in [1.165, 1.54) is 6.92 Å². The van der Waals surface area contributed by atoms with Crippen LogP contribution >= 0.6 is 0 Å². The predicted octanol–water partition coefficient (Wildman–Crippen LogP) is 3.50. The van der Waals surface area contributed by atoms with Gasteiger partial charge in [0, 0.05) is 6.92 Å². The van der Waals surface area contributed by atoms with Crippen molar-refractivity contribution < 1.29 is 19.1 Å². The van der Waals surface area contributed by atoms with Crippen molar-refractivity contribution >= 4 is 22.7 Å². The Kier molecular flexibility index (Phi) is 4.38. The molecule has 4 heteroatoms. The molecule has 0 atom stereocenters. The Morgan fingerprint density at radius 2 is 1.71 bits per heavy atom. The second kappa shape index (κ2) is 6.22. The molecular formula is C17H16O4. The highest BCUT2D eigenvalue weighted by Gasteiger charge is 2.08. The molecule has 0 saturated heterocycles. The van der Waals surface area contributed by atoms with Crippen LogP contribution < -0.4 is 4.74 Å². The molecule has 0 unspecified atom stereocenters. The SMILES string of the molecule is C=C(C)COC(=O)c1ccc2cc(OC(C)=O)ccc2c1. The van der Waals surface area contributed by atoms with Crippen LogP contribution in [0, 0.1) is 0 Å². The molecular weight excluding hydrogens is 268 g/mol. The smallest absolute Gasteiger partial charge is 0.338 e. The second-order valence-electron chi connectivity index (χ2n) is 4.85. The first-order chi connectivity index (χ1) is 9.95. The monoisotopic (exact) mass is 284 g/mol. The molecule has 0 aliphatic carbocycles. The number of hydrogen-bond donors (Lipinski definition) is 0. The summed E-state index contributed by atoms with van der Waals surface area (Å²) in [6.45, 7) is 7.04. The van der Waals surface area contributed by atoms with Gasteiger partial charge in [-0.25, -0.2) is 4.79 Å². The first kappa shape index (κ1) is 14.8. The van der Waals surface area contributed by atoms with Crippen LogP contribution in [0.1, 0.15) is 24.2 Å². The maximum atomic E-state index is 11.9. The molecule has 0 heterocycles. The number of carbonyl (C=O) groups excluding carboxylic acids is 2. The number of fused-ring (bicyclic) bond motifs is 1. The number of carbonyl (C=O) groups is 2. The maximum Gasteiger partial charge on any atom is 0.338 e. The van der Waals surface area contributed by atoms with Gasteiger partial charge in [0.1, 0.15) is 12.4 Å². The van der Waals surface area contributed by atoms with E-state index in [0.717, 1.165) is 16.3 Å². The number of rotatable bonds is 4. The van der Waals surface area contributed by atoms with E-state index in [0.29, 0.717) is 11.3 Å². The van der Waals surface area contributed by atoms with Crippen molar-refractivity contribution in [2.75, 3.05) is 6.61 Å². The molecule has 2 aromatic carbocycles. The Hall–Kier alpha value is -2.62. The summed E-state index contributed by atoms with van der Waals surface area (Å²) in [4.78, 5) is 22.8. The summed E-state index contributed by atoms with van der Waals surface area (Å²) in [5.41, 5.74) is 1.26. The molecule has 0 amide bonds. The van der Waals surface area contributed by atoms with E-state index >= 15 is 0 Å². The first-order valence-electron chi connectivity index (χ1n) is 6.49. The summed E-state index contributed by atoms with van der Waals surface area (Å²) >= 11 is 0. The largest absolute Gasteiger partial charge is 0.458 e. The maximum absolute atomic E-state index is 11.9. The lowest BCUT2D eigenvalue weighted by molar-refractivity contribution is -0.131. The van der Waals surface area contributed by atoms with Crippen LogP contribution in [0.15, 0.2) is 48.6 Å². The number of benzene rings is 2. The second-order valence-corrected chi connectivity index (χ2v) is 4.85. The van der Waals surface area contributed by atoms with E-state index in [1.54, 1.807) is 43.3 Å². The molecule has 0 aliphatic rings. The Morgan fingerprint density at radius 1 is 1.05 bits per heavy atom. The summed E-state index contributed by atoms with van der Waals surface area (Å²) in [6, 6.07) is 10.4. The topological polar surface area (TPSA) is 52.6 Å². The summed E-state index contributed by atoms with van der Waals surface area (Å²) < 4.78 is 10.1. The zero-order valence-electron chi connectivity index (χ0n) is 12.0. The zero-order chi connectivity index (χ0) is 15.4. The summed E-state index contributed by atoms with van der Waals surface area (Å²) in [5.74, 6) is -0.272. The minimum atomic E-state index is -0.385. The van der Waals surface area contributed by atoms with Crippen molar-refractivity contribution in [2.24, 2.45) is 0 Å². The molecule has 0 fully saturated rings. The van der Waals surface area contributed by atoms with Gasteiger partial charge in [-0.05, 0) is 47.5 Å². The molecule has 0 N–H and O–H groups in total. The van der Waals surface area contributed by atoms with Crippen molar-refractivity contribution in [3.63, 3.8) is 0 Å². The van der Waals surface area contributed by atoms with Crippen LogP contribution in [-0.2, 0) is 9.53 Å². The molecule has 108 valence electrons. The standard InChI is InChI=1S/C17H16O4/c1-11(2)10-20-17(19)15-5-4-14-9-16(21-12(3)18)7-6-13(14)8-15/h4-9H,1,10H2,2-3H3. The third kappa shape index (κ3) is 3.92. The van der Waals surface area contributed by atoms with Crippen LogP contribution in [0.3, 0.4) is 0 Å². The van der Waals surface area contributed by atoms with Gasteiger partial charge in [0.2, 0.25) is 0 Å². The lowest BCUT2D eigenvalue weighted by atomic mass is 10.1. The molecule has 2 rings (SSSR count). The van der Waals surface area contributed by atoms with Gasteiger partial charge < -0.3 is 9.47 Å². The van der Waals surface area contributed by atoms with Crippen molar-refractivity contribution in [2.45, 2.75) is 13.8 Å². The molecule has 0 bridgehead atoms. The molecule has 0 aliphatic heterocycles. The van der Waals surface area contributed by atoms with Gasteiger partial charge >= 0.3 is 11.9 Å². The van der Waals surface area contributed by atoms with E-state index in [9.17, 15) is 9.59 Å². The Labute approximate surface area is 123 Å². The molecule has 4 nitrogen and oxygen atoms in total. The van der Waals surface area contributed by atoms with Crippen LogP contribution in [0.4, 0.5) is 0 Å². The van der Waals surface area contributed by atoms with Gasteiger partial charge in [-0.15, -0.1) is 0 Å². The molecule has 0 aromatic heterocycles. The average molecular weight is 284 g/mol. The molecule has 0 saturated carbocycles. The fraction of sp³-hybridized carbons (Fsp3) is 0.176. The molecule has 21 heavy (non-hydrogen) atoms. The van der Waals surface area contributed by atoms with Crippen molar-refractivity contribution in [1.82, 2.24) is 0 Å². The van der Waals surface area contributed by atoms with E-state index in [-0.39, 0.29) is 18.5 Å². The van der Waals surface area contributed by atoms with E-state index < -0.39 is 0 Å². The number of hydrogen-bond acceptors (Lipinski definition) is 4. The van der Waals surface area contributed by atoms with Crippen LogP contribution in [0.2, 0.25) is 0 Å². The molecule has 0 spiro atoms. The molecule has 0 radical (unpaired) electrons. The van der Waals surface area contributed by atoms with E-state index in [2.05, 4.69) is 6.58 Å². The van der Waals surface area contributed by atoms with Crippen LogP contribution in [-0.4, -0.2) is 18.5 Å². The highest BCUT2D eigenvalue weighted by Crippen LogP contribution is 2.22. The quantitative estimate of drug-likeness (QED) is 0.490. The summed E-state index contributed by atoms with van der Waals surface area (Å²) in [6.07, 6.45) is 0. The lowest BCUT2D eigenvalue weighted by Crippen LogP contribution is -2.06. The van der Waals surface area contributed by atoms with Crippen LogP contribution in [0.5, 0.6) is 5.75 Å². The number of ether oxygens (including phenoxy) is 2. The van der Waals surface area contributed by atoms with Crippen molar-refractivity contribution in [3.05, 3.63) is 54.1 Å². The first-order valence-corrected chi connectivity index (χ1v) is 6.49. The third-order valence-electron chi connectivity index (χ3n) is 2.76. The lowest BCUT2D eigenvalue weighted by Gasteiger charge is -2.07. The highest BCUT2D eigenvalue weighted by molar-refractivity contribution is 5.96. The Morgan fingerprint density at radius 3 is 2.38 bits per heavy atom. The fourth-order valence-corrected chi connectivity index (χ4v) is 1.85. The van der Waals surface area contributed by atoms with E-state index in [1.807, 2.05) is 0 Å². The van der Waals surface area contributed by atoms with Gasteiger partial charge in [0.15, 0.2) is 0 Å². The van der Waals surface area contributed by atoms with Gasteiger partial charge in [0.25, 0.3) is 0 Å². The zero-order valence-corrected chi connectivity index (χ0v) is 12.0. The predicted molar refractivity (Wildman–Crippen MR) is 80.4 cm³/mol. The summed E-state index contributed by atoms with van der Waals surface area (Å²) in [5, 5.41) is 1.75. The average Bonchev–Trinajstić information content (AvgIpc) is 2.43. The minimum Gasteiger partial charge on any atom is -0.458 e. The van der Waals surface area contributed by atoms with Gasteiger partial charge in [-0.2, -0.15) is 0 Å². The Bertz CT molecular complexity index is 716. The summed E-state index contributed by atoms with van der Waals surface area (Å²) in [7, 11) is 0. The fourth-order valence-electron chi connectivity index (χ4n) is 1.85. The highest BCUT2D eigenvalue weighted by atomic mass is 16.5. The van der Waals surface area contributed by atoms with Gasteiger partial charge in [-0.3, -0.25) is 4.79 Å².